The van der Waals surface area contributed by atoms with Crippen molar-refractivity contribution in [2.75, 3.05) is 0 Å². The molecule has 0 unspecified atom stereocenters. The van der Waals surface area contributed by atoms with Crippen molar-refractivity contribution in [3.63, 3.8) is 0 Å². The number of hydrogen-bond donors (Lipinski definition) is 0. The minimum absolute atomic E-state index is 0.417. The standard InChI is InChI=1S/C13H11F3N2/c1-2-11-6-7-12(18-17-11)9-4-3-5-10(8-9)13(14,15)16/h3-8H,2H2,1H3. The van der Waals surface area contributed by atoms with Crippen LogP contribution in [0, 0.1) is 0 Å². The second-order valence-electron chi connectivity index (χ2n) is 3.84. The minimum atomic E-state index is -4.34. The first-order valence-electron chi connectivity index (χ1n) is 5.51. The fourth-order valence-corrected chi connectivity index (χ4v) is 1.56. The molecule has 94 valence electrons. The van der Waals surface area contributed by atoms with E-state index in [0.29, 0.717) is 11.3 Å². The fourth-order valence-electron chi connectivity index (χ4n) is 1.56. The van der Waals surface area contributed by atoms with Crippen molar-refractivity contribution < 1.29 is 13.2 Å². The number of aryl methyl sites for hydroxylation is 1. The number of rotatable bonds is 2. The smallest absolute Gasteiger partial charge is 0.166 e. The Morgan fingerprint density at radius 1 is 1.06 bits per heavy atom. The van der Waals surface area contributed by atoms with Crippen molar-refractivity contribution >= 4 is 0 Å². The van der Waals surface area contributed by atoms with Crippen LogP contribution in [0.1, 0.15) is 18.2 Å². The van der Waals surface area contributed by atoms with Gasteiger partial charge in [-0.15, -0.1) is 0 Å². The number of hydrogen-bond acceptors (Lipinski definition) is 2. The highest BCUT2D eigenvalue weighted by Gasteiger charge is 2.30. The van der Waals surface area contributed by atoms with Crippen LogP contribution in [-0.4, -0.2) is 10.2 Å². The van der Waals surface area contributed by atoms with Crippen molar-refractivity contribution in [2.45, 2.75) is 19.5 Å². The third kappa shape index (κ3) is 2.67. The topological polar surface area (TPSA) is 25.8 Å². The van der Waals surface area contributed by atoms with Gasteiger partial charge in [0.05, 0.1) is 17.0 Å². The lowest BCUT2D eigenvalue weighted by Gasteiger charge is -2.08. The predicted octanol–water partition coefficient (Wildman–Crippen LogP) is 3.72. The van der Waals surface area contributed by atoms with E-state index in [1.807, 2.05) is 6.92 Å². The Hall–Kier alpha value is -1.91. The zero-order valence-electron chi connectivity index (χ0n) is 9.70. The highest BCUT2D eigenvalue weighted by Crippen LogP contribution is 2.31. The molecular weight excluding hydrogens is 241 g/mol. The van der Waals surface area contributed by atoms with Crippen LogP contribution in [0.15, 0.2) is 36.4 Å². The Morgan fingerprint density at radius 2 is 1.83 bits per heavy atom. The van der Waals surface area contributed by atoms with E-state index in [0.717, 1.165) is 24.2 Å². The van der Waals surface area contributed by atoms with Crippen LogP contribution in [0.4, 0.5) is 13.2 Å². The van der Waals surface area contributed by atoms with Crippen LogP contribution < -0.4 is 0 Å². The molecule has 0 aliphatic rings. The van der Waals surface area contributed by atoms with Crippen molar-refractivity contribution in [2.24, 2.45) is 0 Å². The van der Waals surface area contributed by atoms with Gasteiger partial charge in [0, 0.05) is 5.56 Å². The van der Waals surface area contributed by atoms with Crippen molar-refractivity contribution in [3.8, 4) is 11.3 Å². The van der Waals surface area contributed by atoms with E-state index in [4.69, 9.17) is 0 Å². The van der Waals surface area contributed by atoms with E-state index < -0.39 is 11.7 Å². The first-order chi connectivity index (χ1) is 8.50. The molecule has 0 saturated heterocycles. The molecule has 18 heavy (non-hydrogen) atoms. The third-order valence-electron chi connectivity index (χ3n) is 2.57. The Bertz CT molecular complexity index is 533. The Balaban J connectivity index is 2.38. The second kappa shape index (κ2) is 4.76. The SMILES string of the molecule is CCc1ccc(-c2cccc(C(F)(F)F)c2)nn1. The average Bonchev–Trinajstić information content (AvgIpc) is 2.38. The van der Waals surface area contributed by atoms with Crippen LogP contribution in [0.2, 0.25) is 0 Å². The van der Waals surface area contributed by atoms with E-state index in [-0.39, 0.29) is 0 Å². The summed E-state index contributed by atoms with van der Waals surface area (Å²) < 4.78 is 37.7. The molecule has 2 nitrogen and oxygen atoms in total. The zero-order valence-corrected chi connectivity index (χ0v) is 9.70. The number of benzene rings is 1. The van der Waals surface area contributed by atoms with Gasteiger partial charge in [0.1, 0.15) is 0 Å². The molecule has 0 fully saturated rings. The minimum Gasteiger partial charge on any atom is -0.166 e. The van der Waals surface area contributed by atoms with Crippen LogP contribution >= 0.6 is 0 Å². The maximum absolute atomic E-state index is 12.6. The third-order valence-corrected chi connectivity index (χ3v) is 2.57. The van der Waals surface area contributed by atoms with Gasteiger partial charge in [-0.05, 0) is 30.7 Å². The second-order valence-corrected chi connectivity index (χ2v) is 3.84. The molecule has 2 rings (SSSR count). The van der Waals surface area contributed by atoms with Crippen LogP contribution in [0.5, 0.6) is 0 Å². The first-order valence-corrected chi connectivity index (χ1v) is 5.51. The quantitative estimate of drug-likeness (QED) is 0.814. The summed E-state index contributed by atoms with van der Waals surface area (Å²) in [6.07, 6.45) is -3.59. The lowest BCUT2D eigenvalue weighted by molar-refractivity contribution is -0.137. The zero-order chi connectivity index (χ0) is 13.2. The summed E-state index contributed by atoms with van der Waals surface area (Å²) in [6.45, 7) is 1.94. The van der Waals surface area contributed by atoms with Crippen LogP contribution in [-0.2, 0) is 12.6 Å². The molecule has 0 N–H and O–H groups in total. The largest absolute Gasteiger partial charge is 0.416 e. The molecule has 2 aromatic rings. The van der Waals surface area contributed by atoms with E-state index in [9.17, 15) is 13.2 Å². The summed E-state index contributed by atoms with van der Waals surface area (Å²) in [6, 6.07) is 8.52. The Kier molecular flexibility index (Phi) is 3.32. The Labute approximate surface area is 102 Å². The average molecular weight is 252 g/mol. The van der Waals surface area contributed by atoms with Gasteiger partial charge in [0.15, 0.2) is 0 Å². The highest BCUT2D eigenvalue weighted by atomic mass is 19.4. The molecule has 1 aromatic carbocycles. The molecule has 0 amide bonds. The maximum atomic E-state index is 12.6. The molecule has 5 heteroatoms. The molecule has 0 radical (unpaired) electrons. The lowest BCUT2D eigenvalue weighted by atomic mass is 10.1. The lowest BCUT2D eigenvalue weighted by Crippen LogP contribution is -2.04. The molecule has 0 saturated carbocycles. The number of halogens is 3. The van der Waals surface area contributed by atoms with E-state index >= 15 is 0 Å². The van der Waals surface area contributed by atoms with E-state index in [1.165, 1.54) is 6.07 Å². The monoisotopic (exact) mass is 252 g/mol. The van der Waals surface area contributed by atoms with Gasteiger partial charge in [0.25, 0.3) is 0 Å². The van der Waals surface area contributed by atoms with Gasteiger partial charge in [-0.25, -0.2) is 0 Å². The summed E-state index contributed by atoms with van der Waals surface area (Å²) in [5, 5.41) is 7.86. The maximum Gasteiger partial charge on any atom is 0.416 e. The van der Waals surface area contributed by atoms with Gasteiger partial charge in [-0.3, -0.25) is 0 Å². The van der Waals surface area contributed by atoms with Crippen molar-refractivity contribution in [1.82, 2.24) is 10.2 Å². The molecule has 0 atom stereocenters. The summed E-state index contributed by atoms with van der Waals surface area (Å²) in [5.74, 6) is 0. The number of alkyl halides is 3. The molecule has 0 spiro atoms. The van der Waals surface area contributed by atoms with Gasteiger partial charge >= 0.3 is 6.18 Å². The van der Waals surface area contributed by atoms with Gasteiger partial charge in [-0.2, -0.15) is 23.4 Å². The number of nitrogens with zero attached hydrogens (tertiary/aromatic N) is 2. The molecular formula is C13H11F3N2. The van der Waals surface area contributed by atoms with E-state index in [2.05, 4.69) is 10.2 Å². The summed E-state index contributed by atoms with van der Waals surface area (Å²) in [5.41, 5.74) is 0.991. The van der Waals surface area contributed by atoms with Crippen LogP contribution in [0.25, 0.3) is 11.3 Å². The molecule has 1 aromatic heterocycles. The molecule has 0 bridgehead atoms. The molecule has 0 aliphatic heterocycles. The normalized spacial score (nSPS) is 11.6. The van der Waals surface area contributed by atoms with Crippen molar-refractivity contribution in [3.05, 3.63) is 47.7 Å². The molecule has 1 heterocycles. The highest BCUT2D eigenvalue weighted by molar-refractivity contribution is 5.59. The van der Waals surface area contributed by atoms with Gasteiger partial charge < -0.3 is 0 Å². The van der Waals surface area contributed by atoms with Crippen LogP contribution in [0.3, 0.4) is 0 Å². The molecule has 0 aliphatic carbocycles. The first kappa shape index (κ1) is 12.5. The summed E-state index contributed by atoms with van der Waals surface area (Å²) >= 11 is 0. The number of aromatic nitrogens is 2. The fraction of sp³-hybridized carbons (Fsp3) is 0.231. The summed E-state index contributed by atoms with van der Waals surface area (Å²) in [7, 11) is 0. The van der Waals surface area contributed by atoms with Gasteiger partial charge in [0.2, 0.25) is 0 Å². The van der Waals surface area contributed by atoms with Crippen molar-refractivity contribution in [1.29, 1.82) is 0 Å². The van der Waals surface area contributed by atoms with Gasteiger partial charge in [-0.1, -0.05) is 19.1 Å². The summed E-state index contributed by atoms with van der Waals surface area (Å²) in [4.78, 5) is 0. The van der Waals surface area contributed by atoms with E-state index in [1.54, 1.807) is 18.2 Å². The predicted molar refractivity (Wildman–Crippen MR) is 61.8 cm³/mol. The Morgan fingerprint density at radius 3 is 2.39 bits per heavy atom.